The highest BCUT2D eigenvalue weighted by atomic mass is 32.2. The van der Waals surface area contributed by atoms with Gasteiger partial charge in [0.1, 0.15) is 0 Å². The smallest absolute Gasteiger partial charge is 0.0138 e. The molecule has 0 aromatic heterocycles. The molecule has 0 atom stereocenters. The van der Waals surface area contributed by atoms with Crippen molar-refractivity contribution in [1.29, 1.82) is 0 Å². The second-order valence-corrected chi connectivity index (χ2v) is 9.06. The summed E-state index contributed by atoms with van der Waals surface area (Å²) in [7, 11) is 0. The lowest BCUT2D eigenvalue weighted by Crippen LogP contribution is -2.25. The summed E-state index contributed by atoms with van der Waals surface area (Å²) in [4.78, 5) is 0. The number of allylic oxidation sites excluding steroid dienone is 2. The van der Waals surface area contributed by atoms with Crippen molar-refractivity contribution in [3.05, 3.63) is 11.1 Å². The summed E-state index contributed by atoms with van der Waals surface area (Å²) >= 11 is 2.26. The van der Waals surface area contributed by atoms with Crippen molar-refractivity contribution in [2.45, 2.75) is 109 Å². The van der Waals surface area contributed by atoms with Gasteiger partial charge in [0.15, 0.2) is 0 Å². The summed E-state index contributed by atoms with van der Waals surface area (Å²) in [5.41, 5.74) is 3.31. The molecule has 1 heteroatoms. The second-order valence-electron chi connectivity index (χ2n) is 7.38. The molecule has 0 saturated heterocycles. The van der Waals surface area contributed by atoms with E-state index in [1.165, 1.54) is 82.8 Å². The zero-order valence-electron chi connectivity index (χ0n) is 15.1. The van der Waals surface area contributed by atoms with Gasteiger partial charge >= 0.3 is 0 Å². The van der Waals surface area contributed by atoms with Gasteiger partial charge in [-0.2, -0.15) is 11.8 Å². The third-order valence-electron chi connectivity index (χ3n) is 5.07. The van der Waals surface area contributed by atoms with Crippen molar-refractivity contribution in [1.82, 2.24) is 0 Å². The summed E-state index contributed by atoms with van der Waals surface area (Å²) in [5.74, 6) is 1.38. The number of thioether (sulfide) groups is 1. The van der Waals surface area contributed by atoms with Crippen LogP contribution in [0.25, 0.3) is 0 Å². The molecule has 0 aromatic rings. The van der Waals surface area contributed by atoms with E-state index in [1.54, 1.807) is 11.1 Å². The van der Waals surface area contributed by atoms with Gasteiger partial charge in [0.25, 0.3) is 0 Å². The van der Waals surface area contributed by atoms with Crippen molar-refractivity contribution in [2.75, 3.05) is 5.75 Å². The van der Waals surface area contributed by atoms with E-state index in [0.29, 0.717) is 4.75 Å². The van der Waals surface area contributed by atoms with Crippen LogP contribution in [0.1, 0.15) is 105 Å². The Morgan fingerprint density at radius 3 is 1.95 bits per heavy atom. The molecule has 0 unspecified atom stereocenters. The fraction of sp³-hybridized carbons (Fsp3) is 0.900. The first-order valence-electron chi connectivity index (χ1n) is 9.36. The van der Waals surface area contributed by atoms with Gasteiger partial charge in [-0.3, -0.25) is 0 Å². The van der Waals surface area contributed by atoms with E-state index in [9.17, 15) is 0 Å². The van der Waals surface area contributed by atoms with Crippen LogP contribution < -0.4 is 0 Å². The largest absolute Gasteiger partial charge is 0.155 e. The van der Waals surface area contributed by atoms with Gasteiger partial charge in [0, 0.05) is 4.75 Å². The third-order valence-corrected chi connectivity index (χ3v) is 6.66. The molecule has 0 heterocycles. The van der Waals surface area contributed by atoms with Crippen LogP contribution in [0.2, 0.25) is 0 Å². The van der Waals surface area contributed by atoms with Crippen LogP contribution in [-0.2, 0) is 0 Å². The maximum atomic E-state index is 2.50. The van der Waals surface area contributed by atoms with Crippen LogP contribution in [-0.4, -0.2) is 10.5 Å². The Hall–Kier alpha value is 0.0900. The first-order valence-corrected chi connectivity index (χ1v) is 10.3. The van der Waals surface area contributed by atoms with E-state index in [2.05, 4.69) is 39.5 Å². The Bertz CT molecular complexity index is 289. The number of unbranched alkanes of at least 4 members (excludes halogenated alkanes) is 7. The number of hydrogen-bond donors (Lipinski definition) is 0. The Labute approximate surface area is 138 Å². The molecule has 21 heavy (non-hydrogen) atoms. The van der Waals surface area contributed by atoms with Crippen LogP contribution in [0.3, 0.4) is 0 Å². The fourth-order valence-corrected chi connectivity index (χ4v) is 4.61. The SMILES string of the molecule is CCCCCCCCCCSC1(C)CCC(=C(C)C)CC1. The Balaban J connectivity index is 2.01. The molecule has 0 spiro atoms. The molecule has 0 aromatic carbocycles. The van der Waals surface area contributed by atoms with Crippen LogP contribution in [0.15, 0.2) is 11.1 Å². The van der Waals surface area contributed by atoms with Crippen LogP contribution in [0.5, 0.6) is 0 Å². The molecule has 0 aliphatic heterocycles. The number of hydrogen-bond acceptors (Lipinski definition) is 1. The topological polar surface area (TPSA) is 0 Å². The molecule has 1 fully saturated rings. The standard InChI is InChI=1S/C20H38S/c1-5-6-7-8-9-10-11-12-17-21-20(4)15-13-19(14-16-20)18(2)3/h5-17H2,1-4H3. The third kappa shape index (κ3) is 8.33. The average Bonchev–Trinajstić information content (AvgIpc) is 2.46. The summed E-state index contributed by atoms with van der Waals surface area (Å²) in [6.45, 7) is 9.37. The van der Waals surface area contributed by atoms with Gasteiger partial charge in [0.2, 0.25) is 0 Å². The van der Waals surface area contributed by atoms with Crippen LogP contribution in [0.4, 0.5) is 0 Å². The van der Waals surface area contributed by atoms with Gasteiger partial charge in [-0.1, -0.05) is 69.9 Å². The lowest BCUT2D eigenvalue weighted by atomic mass is 9.84. The van der Waals surface area contributed by atoms with Crippen molar-refractivity contribution in [2.24, 2.45) is 0 Å². The highest BCUT2D eigenvalue weighted by molar-refractivity contribution is 8.00. The van der Waals surface area contributed by atoms with Gasteiger partial charge in [-0.15, -0.1) is 0 Å². The Kier molecular flexibility index (Phi) is 9.80. The van der Waals surface area contributed by atoms with Gasteiger partial charge in [0.05, 0.1) is 0 Å². The van der Waals surface area contributed by atoms with Crippen molar-refractivity contribution in [3.8, 4) is 0 Å². The minimum atomic E-state index is 0.570. The lowest BCUT2D eigenvalue weighted by molar-refractivity contribution is 0.484. The second kappa shape index (κ2) is 10.8. The molecule has 0 bridgehead atoms. The van der Waals surface area contributed by atoms with E-state index in [4.69, 9.17) is 0 Å². The van der Waals surface area contributed by atoms with Gasteiger partial charge < -0.3 is 0 Å². The Morgan fingerprint density at radius 2 is 1.43 bits per heavy atom. The predicted molar refractivity (Wildman–Crippen MR) is 100 cm³/mol. The summed E-state index contributed by atoms with van der Waals surface area (Å²) in [5, 5.41) is 0. The van der Waals surface area contributed by atoms with E-state index in [1.807, 2.05) is 0 Å². The van der Waals surface area contributed by atoms with Crippen molar-refractivity contribution >= 4 is 11.8 Å². The molecular formula is C20H38S. The van der Waals surface area contributed by atoms with E-state index in [0.717, 1.165) is 0 Å². The minimum absolute atomic E-state index is 0.570. The van der Waals surface area contributed by atoms with E-state index < -0.39 is 0 Å². The molecule has 1 aliphatic carbocycles. The molecule has 124 valence electrons. The fourth-order valence-electron chi connectivity index (χ4n) is 3.28. The Morgan fingerprint density at radius 1 is 0.905 bits per heavy atom. The van der Waals surface area contributed by atoms with Crippen molar-refractivity contribution < 1.29 is 0 Å². The molecule has 0 N–H and O–H groups in total. The lowest BCUT2D eigenvalue weighted by Gasteiger charge is -2.35. The monoisotopic (exact) mass is 310 g/mol. The zero-order chi connectivity index (χ0) is 15.6. The van der Waals surface area contributed by atoms with E-state index in [-0.39, 0.29) is 0 Å². The zero-order valence-corrected chi connectivity index (χ0v) is 15.9. The van der Waals surface area contributed by atoms with Gasteiger partial charge in [-0.05, 0) is 51.7 Å². The average molecular weight is 311 g/mol. The molecular weight excluding hydrogens is 272 g/mol. The van der Waals surface area contributed by atoms with Crippen molar-refractivity contribution in [3.63, 3.8) is 0 Å². The summed E-state index contributed by atoms with van der Waals surface area (Å²) in [6.07, 6.45) is 17.0. The highest BCUT2D eigenvalue weighted by Crippen LogP contribution is 2.42. The molecule has 1 aliphatic rings. The number of rotatable bonds is 10. The maximum absolute atomic E-state index is 2.50. The first kappa shape index (κ1) is 19.1. The summed E-state index contributed by atoms with van der Waals surface area (Å²) < 4.78 is 0.570. The quantitative estimate of drug-likeness (QED) is 0.297. The maximum Gasteiger partial charge on any atom is 0.0138 e. The molecule has 1 saturated carbocycles. The van der Waals surface area contributed by atoms with E-state index >= 15 is 0 Å². The molecule has 0 amide bonds. The normalized spacial score (nSPS) is 22.6. The molecule has 1 rings (SSSR count). The summed E-state index contributed by atoms with van der Waals surface area (Å²) in [6, 6.07) is 0. The minimum Gasteiger partial charge on any atom is -0.155 e. The predicted octanol–water partition coefficient (Wildman–Crippen LogP) is 7.53. The first-order chi connectivity index (χ1) is 10.1. The van der Waals surface area contributed by atoms with Gasteiger partial charge in [-0.25, -0.2) is 0 Å². The van der Waals surface area contributed by atoms with Crippen LogP contribution >= 0.6 is 11.8 Å². The highest BCUT2D eigenvalue weighted by Gasteiger charge is 2.28. The molecule has 0 nitrogen and oxygen atoms in total. The molecule has 0 radical (unpaired) electrons. The van der Waals surface area contributed by atoms with Crippen LogP contribution in [0, 0.1) is 0 Å².